The first-order valence-electron chi connectivity index (χ1n) is 6.04. The van der Waals surface area contributed by atoms with E-state index in [0.717, 1.165) is 11.9 Å². The Morgan fingerprint density at radius 1 is 1.12 bits per heavy atom. The molecule has 0 unspecified atom stereocenters. The predicted molar refractivity (Wildman–Crippen MR) is 82.6 cm³/mol. The Bertz CT molecular complexity index is 353. The highest BCUT2D eigenvalue weighted by molar-refractivity contribution is 9.10. The molecule has 0 saturated carbocycles. The van der Waals surface area contributed by atoms with Crippen LogP contribution in [0, 0.1) is 0 Å². The average molecular weight is 363 g/mol. The highest BCUT2D eigenvalue weighted by Gasteiger charge is 2.14. The maximum atomic E-state index is 3.57. The number of benzene rings is 1. The van der Waals surface area contributed by atoms with Crippen LogP contribution in [0.5, 0.6) is 0 Å². The van der Waals surface area contributed by atoms with Gasteiger partial charge < -0.3 is 0 Å². The lowest BCUT2D eigenvalue weighted by Gasteiger charge is -2.30. The van der Waals surface area contributed by atoms with Gasteiger partial charge in [-0.15, -0.1) is 0 Å². The van der Waals surface area contributed by atoms with E-state index in [0.29, 0.717) is 12.1 Å². The molecule has 0 fully saturated rings. The van der Waals surface area contributed by atoms with Crippen molar-refractivity contribution in [2.45, 2.75) is 51.7 Å². The maximum absolute atomic E-state index is 3.57. The zero-order valence-electron chi connectivity index (χ0n) is 11.0. The molecular formula is C14H21Br2N. The number of hydrogen-bond acceptors (Lipinski definition) is 1. The van der Waals surface area contributed by atoms with Crippen molar-refractivity contribution in [3.63, 3.8) is 0 Å². The van der Waals surface area contributed by atoms with Gasteiger partial charge in [-0.1, -0.05) is 44.0 Å². The molecule has 0 N–H and O–H groups in total. The Kier molecular flexibility index (Phi) is 6.18. The molecule has 0 aliphatic rings. The standard InChI is InChI=1S/C14H21Br2N/c1-10(2)17(11(3)4)9-12-5-6-14(16)13(7-12)8-15/h5-7,10-11H,8-9H2,1-4H3. The Hall–Kier alpha value is 0.140. The maximum Gasteiger partial charge on any atom is 0.0294 e. The average Bonchev–Trinajstić information content (AvgIpc) is 2.26. The van der Waals surface area contributed by atoms with Crippen LogP contribution in [-0.4, -0.2) is 17.0 Å². The molecule has 0 aliphatic carbocycles. The summed E-state index contributed by atoms with van der Waals surface area (Å²) in [5.74, 6) is 0. The molecule has 96 valence electrons. The van der Waals surface area contributed by atoms with Crippen molar-refractivity contribution in [2.24, 2.45) is 0 Å². The molecule has 0 amide bonds. The van der Waals surface area contributed by atoms with E-state index in [1.165, 1.54) is 15.6 Å². The molecule has 3 heteroatoms. The van der Waals surface area contributed by atoms with Crippen molar-refractivity contribution < 1.29 is 0 Å². The third-order valence-electron chi connectivity index (χ3n) is 2.95. The predicted octanol–water partition coefficient (Wildman–Crippen LogP) is 4.96. The van der Waals surface area contributed by atoms with E-state index in [1.54, 1.807) is 0 Å². The number of rotatable bonds is 5. The van der Waals surface area contributed by atoms with E-state index in [2.05, 4.69) is 82.7 Å². The molecule has 0 atom stereocenters. The third kappa shape index (κ3) is 4.38. The zero-order chi connectivity index (χ0) is 13.0. The molecule has 17 heavy (non-hydrogen) atoms. The van der Waals surface area contributed by atoms with Crippen LogP contribution in [0.15, 0.2) is 22.7 Å². The van der Waals surface area contributed by atoms with Crippen LogP contribution in [-0.2, 0) is 11.9 Å². The normalized spacial score (nSPS) is 11.8. The Balaban J connectivity index is 2.86. The van der Waals surface area contributed by atoms with Crippen molar-refractivity contribution in [3.05, 3.63) is 33.8 Å². The van der Waals surface area contributed by atoms with Gasteiger partial charge in [0.05, 0.1) is 0 Å². The fraction of sp³-hybridized carbons (Fsp3) is 0.571. The van der Waals surface area contributed by atoms with Crippen molar-refractivity contribution in [1.29, 1.82) is 0 Å². The van der Waals surface area contributed by atoms with Gasteiger partial charge in [0, 0.05) is 28.4 Å². The molecule has 1 rings (SSSR count). The van der Waals surface area contributed by atoms with Gasteiger partial charge in [0.1, 0.15) is 0 Å². The van der Waals surface area contributed by atoms with Crippen molar-refractivity contribution in [1.82, 2.24) is 4.90 Å². The van der Waals surface area contributed by atoms with E-state index >= 15 is 0 Å². The topological polar surface area (TPSA) is 3.24 Å². The Morgan fingerprint density at radius 2 is 1.71 bits per heavy atom. The van der Waals surface area contributed by atoms with Crippen LogP contribution in [0.4, 0.5) is 0 Å². The van der Waals surface area contributed by atoms with Gasteiger partial charge in [0.2, 0.25) is 0 Å². The molecule has 0 spiro atoms. The largest absolute Gasteiger partial charge is 0.294 e. The minimum atomic E-state index is 0.575. The van der Waals surface area contributed by atoms with Crippen molar-refractivity contribution >= 4 is 31.9 Å². The SMILES string of the molecule is CC(C)N(Cc1ccc(Br)c(CBr)c1)C(C)C. The summed E-state index contributed by atoms with van der Waals surface area (Å²) in [6.07, 6.45) is 0. The molecule has 0 saturated heterocycles. The number of nitrogens with zero attached hydrogens (tertiary/aromatic N) is 1. The lowest BCUT2D eigenvalue weighted by atomic mass is 10.1. The second-order valence-corrected chi connectivity index (χ2v) is 6.33. The first-order chi connectivity index (χ1) is 7.95. The molecule has 1 aromatic rings. The van der Waals surface area contributed by atoms with Crippen LogP contribution in [0.25, 0.3) is 0 Å². The molecule has 0 heterocycles. The molecule has 0 bridgehead atoms. The van der Waals surface area contributed by atoms with Crippen LogP contribution in [0.1, 0.15) is 38.8 Å². The van der Waals surface area contributed by atoms with E-state index in [4.69, 9.17) is 0 Å². The number of hydrogen-bond donors (Lipinski definition) is 0. The highest BCUT2D eigenvalue weighted by atomic mass is 79.9. The summed E-state index contributed by atoms with van der Waals surface area (Å²) >= 11 is 7.09. The Morgan fingerprint density at radius 3 is 2.18 bits per heavy atom. The monoisotopic (exact) mass is 361 g/mol. The molecule has 0 aromatic heterocycles. The van der Waals surface area contributed by atoms with Crippen LogP contribution in [0.3, 0.4) is 0 Å². The van der Waals surface area contributed by atoms with E-state index in [-0.39, 0.29) is 0 Å². The first kappa shape index (κ1) is 15.2. The number of alkyl halides is 1. The van der Waals surface area contributed by atoms with Gasteiger partial charge in [0.25, 0.3) is 0 Å². The summed E-state index contributed by atoms with van der Waals surface area (Å²) in [5, 5.41) is 0.894. The smallest absolute Gasteiger partial charge is 0.0294 e. The van der Waals surface area contributed by atoms with Crippen LogP contribution < -0.4 is 0 Å². The second kappa shape index (κ2) is 6.91. The van der Waals surface area contributed by atoms with E-state index in [9.17, 15) is 0 Å². The summed E-state index contributed by atoms with van der Waals surface area (Å²) in [4.78, 5) is 2.50. The quantitative estimate of drug-likeness (QED) is 0.669. The molecule has 1 nitrogen and oxygen atoms in total. The van der Waals surface area contributed by atoms with E-state index < -0.39 is 0 Å². The summed E-state index contributed by atoms with van der Waals surface area (Å²) in [6.45, 7) is 10.0. The van der Waals surface area contributed by atoms with Crippen molar-refractivity contribution in [3.8, 4) is 0 Å². The molecular weight excluding hydrogens is 342 g/mol. The highest BCUT2D eigenvalue weighted by Crippen LogP contribution is 2.22. The summed E-state index contributed by atoms with van der Waals surface area (Å²) < 4.78 is 1.18. The second-order valence-electron chi connectivity index (χ2n) is 4.92. The first-order valence-corrected chi connectivity index (χ1v) is 7.96. The summed E-state index contributed by atoms with van der Waals surface area (Å²) in [6, 6.07) is 7.77. The lowest BCUT2D eigenvalue weighted by Crippen LogP contribution is -2.36. The minimum Gasteiger partial charge on any atom is -0.294 e. The van der Waals surface area contributed by atoms with Gasteiger partial charge in [-0.25, -0.2) is 0 Å². The summed E-state index contributed by atoms with van der Waals surface area (Å²) in [7, 11) is 0. The van der Waals surface area contributed by atoms with Gasteiger partial charge in [-0.05, 0) is 44.9 Å². The van der Waals surface area contributed by atoms with Gasteiger partial charge in [-0.3, -0.25) is 4.90 Å². The molecule has 1 aromatic carbocycles. The van der Waals surface area contributed by atoms with Gasteiger partial charge >= 0.3 is 0 Å². The lowest BCUT2D eigenvalue weighted by molar-refractivity contribution is 0.166. The molecule has 0 radical (unpaired) electrons. The zero-order valence-corrected chi connectivity index (χ0v) is 14.2. The number of halogens is 2. The van der Waals surface area contributed by atoms with Gasteiger partial charge in [-0.2, -0.15) is 0 Å². The van der Waals surface area contributed by atoms with E-state index in [1.807, 2.05) is 0 Å². The van der Waals surface area contributed by atoms with Crippen molar-refractivity contribution in [2.75, 3.05) is 0 Å². The van der Waals surface area contributed by atoms with Gasteiger partial charge in [0.15, 0.2) is 0 Å². The third-order valence-corrected chi connectivity index (χ3v) is 4.32. The Labute approximate surface area is 122 Å². The summed E-state index contributed by atoms with van der Waals surface area (Å²) in [5.41, 5.74) is 2.69. The van der Waals surface area contributed by atoms with Crippen LogP contribution in [0.2, 0.25) is 0 Å². The fourth-order valence-corrected chi connectivity index (χ4v) is 3.23. The molecule has 0 aliphatic heterocycles. The van der Waals surface area contributed by atoms with Crippen LogP contribution >= 0.6 is 31.9 Å². The minimum absolute atomic E-state index is 0.575. The fourth-order valence-electron chi connectivity index (χ4n) is 2.00.